The van der Waals surface area contributed by atoms with Crippen LogP contribution >= 0.6 is 11.8 Å². The maximum absolute atomic E-state index is 13.1. The van der Waals surface area contributed by atoms with Gasteiger partial charge in [0.1, 0.15) is 5.82 Å². The van der Waals surface area contributed by atoms with Gasteiger partial charge in [0.05, 0.1) is 0 Å². The molecule has 3 heteroatoms. The van der Waals surface area contributed by atoms with Gasteiger partial charge in [0.15, 0.2) is 0 Å². The van der Waals surface area contributed by atoms with Crippen LogP contribution in [0.5, 0.6) is 0 Å². The lowest BCUT2D eigenvalue weighted by molar-refractivity contribution is 0.505. The van der Waals surface area contributed by atoms with Gasteiger partial charge in [0.25, 0.3) is 0 Å². The van der Waals surface area contributed by atoms with Crippen LogP contribution in [0.3, 0.4) is 0 Å². The molecule has 0 radical (unpaired) electrons. The van der Waals surface area contributed by atoms with Gasteiger partial charge in [-0.25, -0.2) is 4.39 Å². The third-order valence-electron chi connectivity index (χ3n) is 2.83. The van der Waals surface area contributed by atoms with Crippen LogP contribution in [0.25, 0.3) is 0 Å². The van der Waals surface area contributed by atoms with E-state index in [1.807, 2.05) is 17.8 Å². The fourth-order valence-electron chi connectivity index (χ4n) is 1.87. The molecule has 1 aromatic carbocycles. The molecule has 0 aromatic heterocycles. The predicted molar refractivity (Wildman–Crippen MR) is 75.1 cm³/mol. The summed E-state index contributed by atoms with van der Waals surface area (Å²) in [6, 6.07) is 7.17. The van der Waals surface area contributed by atoms with E-state index in [0.717, 1.165) is 18.5 Å². The fourth-order valence-corrected chi connectivity index (χ4v) is 2.36. The molecule has 0 saturated carbocycles. The largest absolute Gasteiger partial charge is 0.310 e. The van der Waals surface area contributed by atoms with Crippen molar-refractivity contribution in [2.75, 3.05) is 18.6 Å². The van der Waals surface area contributed by atoms with Crippen molar-refractivity contribution in [1.29, 1.82) is 0 Å². The molecule has 0 bridgehead atoms. The van der Waals surface area contributed by atoms with Crippen molar-refractivity contribution >= 4 is 11.8 Å². The highest BCUT2D eigenvalue weighted by molar-refractivity contribution is 7.98. The number of benzene rings is 1. The smallest absolute Gasteiger partial charge is 0.123 e. The van der Waals surface area contributed by atoms with Crippen molar-refractivity contribution in [3.63, 3.8) is 0 Å². The average molecular weight is 255 g/mol. The molecule has 1 unspecified atom stereocenters. The molecular formula is C14H22FNS. The van der Waals surface area contributed by atoms with Gasteiger partial charge in [-0.15, -0.1) is 0 Å². The van der Waals surface area contributed by atoms with Crippen molar-refractivity contribution in [2.24, 2.45) is 0 Å². The van der Waals surface area contributed by atoms with Gasteiger partial charge in [0.2, 0.25) is 0 Å². The van der Waals surface area contributed by atoms with E-state index in [2.05, 4.69) is 18.5 Å². The Balaban J connectivity index is 2.38. The lowest BCUT2D eigenvalue weighted by Gasteiger charge is -2.17. The summed E-state index contributed by atoms with van der Waals surface area (Å²) in [4.78, 5) is 0. The number of nitrogens with one attached hydrogen (secondary N) is 1. The Morgan fingerprint density at radius 3 is 2.82 bits per heavy atom. The van der Waals surface area contributed by atoms with E-state index in [0.29, 0.717) is 0 Å². The van der Waals surface area contributed by atoms with Crippen molar-refractivity contribution in [2.45, 2.75) is 32.2 Å². The monoisotopic (exact) mass is 255 g/mol. The van der Waals surface area contributed by atoms with Crippen LogP contribution in [0.2, 0.25) is 0 Å². The minimum Gasteiger partial charge on any atom is -0.310 e. The van der Waals surface area contributed by atoms with Crippen LogP contribution in [-0.2, 0) is 0 Å². The molecule has 1 rings (SSSR count). The van der Waals surface area contributed by atoms with E-state index in [-0.39, 0.29) is 11.9 Å². The van der Waals surface area contributed by atoms with Gasteiger partial charge in [-0.2, -0.15) is 11.8 Å². The Bertz CT molecular complexity index is 317. The zero-order valence-electron chi connectivity index (χ0n) is 10.7. The first kappa shape index (κ1) is 14.5. The van der Waals surface area contributed by atoms with Gasteiger partial charge in [-0.05, 0) is 55.5 Å². The highest BCUT2D eigenvalue weighted by Crippen LogP contribution is 2.17. The molecule has 17 heavy (non-hydrogen) atoms. The van der Waals surface area contributed by atoms with Gasteiger partial charge in [-0.1, -0.05) is 19.1 Å². The molecule has 1 N–H and O–H groups in total. The Morgan fingerprint density at radius 2 is 2.18 bits per heavy atom. The van der Waals surface area contributed by atoms with Crippen LogP contribution in [0.15, 0.2) is 24.3 Å². The SMILES string of the molecule is CCC(NCCCCSC)c1cccc(F)c1. The fraction of sp³-hybridized carbons (Fsp3) is 0.571. The predicted octanol–water partition coefficient (Wildman–Crippen LogP) is 4.01. The van der Waals surface area contributed by atoms with Gasteiger partial charge >= 0.3 is 0 Å². The number of unbranched alkanes of at least 4 members (excludes halogenated alkanes) is 1. The summed E-state index contributed by atoms with van der Waals surface area (Å²) in [5, 5.41) is 3.50. The van der Waals surface area contributed by atoms with Gasteiger partial charge in [0, 0.05) is 6.04 Å². The molecule has 1 nitrogen and oxygen atoms in total. The van der Waals surface area contributed by atoms with Crippen LogP contribution < -0.4 is 5.32 Å². The van der Waals surface area contributed by atoms with Gasteiger partial charge in [-0.3, -0.25) is 0 Å². The first-order valence-electron chi connectivity index (χ1n) is 6.25. The van der Waals surface area contributed by atoms with Crippen molar-refractivity contribution < 1.29 is 4.39 Å². The second kappa shape index (κ2) is 8.54. The third kappa shape index (κ3) is 5.55. The third-order valence-corrected chi connectivity index (χ3v) is 3.52. The summed E-state index contributed by atoms with van der Waals surface area (Å²) < 4.78 is 13.1. The number of halogens is 1. The molecule has 1 aromatic rings. The summed E-state index contributed by atoms with van der Waals surface area (Å²) in [6.07, 6.45) is 5.56. The van der Waals surface area contributed by atoms with E-state index in [1.165, 1.54) is 24.7 Å². The molecule has 0 aliphatic carbocycles. The molecule has 0 spiro atoms. The first-order chi connectivity index (χ1) is 8.27. The minimum absolute atomic E-state index is 0.148. The molecule has 0 aliphatic heterocycles. The second-order valence-corrected chi connectivity index (χ2v) is 5.16. The van der Waals surface area contributed by atoms with E-state index in [9.17, 15) is 4.39 Å². The normalized spacial score (nSPS) is 12.6. The Labute approximate surface area is 108 Å². The number of hydrogen-bond acceptors (Lipinski definition) is 2. The first-order valence-corrected chi connectivity index (χ1v) is 7.65. The molecule has 0 aliphatic rings. The van der Waals surface area contributed by atoms with E-state index in [1.54, 1.807) is 12.1 Å². The zero-order valence-corrected chi connectivity index (χ0v) is 11.5. The summed E-state index contributed by atoms with van der Waals surface area (Å²) in [5.74, 6) is 1.07. The molecule has 0 fully saturated rings. The molecular weight excluding hydrogens is 233 g/mol. The van der Waals surface area contributed by atoms with Crippen LogP contribution in [-0.4, -0.2) is 18.6 Å². The maximum atomic E-state index is 13.1. The standard InChI is InChI=1S/C14H22FNS/c1-3-14(16-9-4-5-10-17-2)12-7-6-8-13(15)11-12/h6-8,11,14,16H,3-5,9-10H2,1-2H3. The number of hydrogen-bond donors (Lipinski definition) is 1. The molecule has 0 saturated heterocycles. The number of rotatable bonds is 8. The summed E-state index contributed by atoms with van der Waals surface area (Å²) in [5.41, 5.74) is 1.05. The van der Waals surface area contributed by atoms with E-state index < -0.39 is 0 Å². The van der Waals surface area contributed by atoms with Crippen LogP contribution in [0.1, 0.15) is 37.8 Å². The quantitative estimate of drug-likeness (QED) is 0.704. The summed E-state index contributed by atoms with van der Waals surface area (Å²) in [7, 11) is 0. The summed E-state index contributed by atoms with van der Waals surface area (Å²) >= 11 is 1.89. The van der Waals surface area contributed by atoms with E-state index >= 15 is 0 Å². The maximum Gasteiger partial charge on any atom is 0.123 e. The topological polar surface area (TPSA) is 12.0 Å². The van der Waals surface area contributed by atoms with Crippen molar-refractivity contribution in [3.05, 3.63) is 35.6 Å². The molecule has 0 heterocycles. The lowest BCUT2D eigenvalue weighted by Crippen LogP contribution is -2.22. The lowest BCUT2D eigenvalue weighted by atomic mass is 10.0. The summed E-state index contributed by atoms with van der Waals surface area (Å²) in [6.45, 7) is 3.14. The Morgan fingerprint density at radius 1 is 1.35 bits per heavy atom. The highest BCUT2D eigenvalue weighted by Gasteiger charge is 2.08. The second-order valence-electron chi connectivity index (χ2n) is 4.17. The Hall–Kier alpha value is -0.540. The Kier molecular flexibility index (Phi) is 7.29. The van der Waals surface area contributed by atoms with Crippen LogP contribution in [0.4, 0.5) is 4.39 Å². The van der Waals surface area contributed by atoms with Crippen LogP contribution in [0, 0.1) is 5.82 Å². The number of thioether (sulfide) groups is 1. The highest BCUT2D eigenvalue weighted by atomic mass is 32.2. The molecule has 1 atom stereocenters. The molecule has 96 valence electrons. The van der Waals surface area contributed by atoms with Crippen molar-refractivity contribution in [1.82, 2.24) is 5.32 Å². The van der Waals surface area contributed by atoms with E-state index in [4.69, 9.17) is 0 Å². The average Bonchev–Trinajstić information content (AvgIpc) is 2.34. The zero-order chi connectivity index (χ0) is 12.5. The van der Waals surface area contributed by atoms with Gasteiger partial charge < -0.3 is 5.32 Å². The molecule has 0 amide bonds. The minimum atomic E-state index is -0.148. The van der Waals surface area contributed by atoms with Crippen molar-refractivity contribution in [3.8, 4) is 0 Å².